The predicted molar refractivity (Wildman–Crippen MR) is 81.1 cm³/mol. The molecule has 2 atom stereocenters. The Labute approximate surface area is 127 Å². The van der Waals surface area contributed by atoms with E-state index in [0.717, 1.165) is 5.56 Å². The molecule has 0 radical (unpaired) electrons. The van der Waals surface area contributed by atoms with Crippen molar-refractivity contribution >= 4 is 29.1 Å². The zero-order valence-electron chi connectivity index (χ0n) is 11.4. The first-order valence-corrected chi connectivity index (χ1v) is 6.96. The molecule has 1 aromatic carbocycles. The molecule has 2 aliphatic rings. The summed E-state index contributed by atoms with van der Waals surface area (Å²) in [6.45, 7) is 0. The fourth-order valence-electron chi connectivity index (χ4n) is 2.63. The van der Waals surface area contributed by atoms with Crippen molar-refractivity contribution in [3.05, 3.63) is 59.2 Å². The second-order valence-corrected chi connectivity index (χ2v) is 5.45. The van der Waals surface area contributed by atoms with Crippen LogP contribution in [0.1, 0.15) is 5.56 Å². The van der Waals surface area contributed by atoms with Crippen molar-refractivity contribution in [2.45, 2.75) is 6.04 Å². The van der Waals surface area contributed by atoms with E-state index < -0.39 is 11.8 Å². The van der Waals surface area contributed by atoms with Gasteiger partial charge in [0.25, 0.3) is 0 Å². The van der Waals surface area contributed by atoms with E-state index in [9.17, 15) is 9.59 Å². The van der Waals surface area contributed by atoms with Crippen molar-refractivity contribution in [1.82, 2.24) is 4.90 Å². The minimum absolute atomic E-state index is 0.231. The third-order valence-electron chi connectivity index (χ3n) is 3.72. The molecule has 3 rings (SSSR count). The maximum Gasteiger partial charge on any atom is 0.335 e. The number of nitrogens with zero attached hydrogens (tertiary/aromatic N) is 2. The number of likely N-dealkylation sites (N-methyl/N-ethyl adjacent to an activating group) is 1. The molecule has 1 aromatic rings. The van der Waals surface area contributed by atoms with E-state index in [2.05, 4.69) is 4.99 Å². The molecule has 1 aliphatic carbocycles. The van der Waals surface area contributed by atoms with Gasteiger partial charge in [-0.2, -0.15) is 0 Å². The fourth-order valence-corrected chi connectivity index (χ4v) is 2.84. The van der Waals surface area contributed by atoms with Crippen LogP contribution in [0.2, 0.25) is 0 Å². The highest BCUT2D eigenvalue weighted by Crippen LogP contribution is 2.29. The molecule has 0 aromatic heterocycles. The number of hydrogen-bond acceptors (Lipinski definition) is 2. The lowest BCUT2D eigenvalue weighted by Gasteiger charge is -2.30. The van der Waals surface area contributed by atoms with Gasteiger partial charge in [0, 0.05) is 18.0 Å². The van der Waals surface area contributed by atoms with Crippen LogP contribution in [0.3, 0.4) is 0 Å². The number of aliphatic imine (C=N–C) groups is 1. The molecule has 2 amide bonds. The SMILES string of the molecule is CN1C(=O)C(=O)N=C(c2ccccc2)C2C=C(Cl)C=CC21. The molecule has 0 saturated carbocycles. The molecule has 0 spiro atoms. The number of benzene rings is 1. The van der Waals surface area contributed by atoms with Crippen LogP contribution in [-0.4, -0.2) is 35.5 Å². The number of carbonyl (C=O) groups excluding carboxylic acids is 2. The normalized spacial score (nSPS) is 25.1. The van der Waals surface area contributed by atoms with Gasteiger partial charge in [0.1, 0.15) is 0 Å². The summed E-state index contributed by atoms with van der Waals surface area (Å²) in [5.74, 6) is -1.58. The van der Waals surface area contributed by atoms with E-state index >= 15 is 0 Å². The Bertz CT molecular complexity index is 691. The van der Waals surface area contributed by atoms with Crippen LogP contribution in [0.25, 0.3) is 0 Å². The molecule has 21 heavy (non-hydrogen) atoms. The average molecular weight is 301 g/mol. The summed E-state index contributed by atoms with van der Waals surface area (Å²) in [7, 11) is 1.61. The van der Waals surface area contributed by atoms with Gasteiger partial charge in [-0.1, -0.05) is 54.1 Å². The summed E-state index contributed by atoms with van der Waals surface area (Å²) >= 11 is 6.09. The van der Waals surface area contributed by atoms with Crippen molar-refractivity contribution in [2.75, 3.05) is 7.05 Å². The smallest absolute Gasteiger partial charge is 0.330 e. The van der Waals surface area contributed by atoms with E-state index in [0.29, 0.717) is 10.7 Å². The van der Waals surface area contributed by atoms with E-state index in [1.165, 1.54) is 4.90 Å². The molecule has 5 heteroatoms. The zero-order chi connectivity index (χ0) is 15.0. The van der Waals surface area contributed by atoms with Gasteiger partial charge in [-0.3, -0.25) is 9.59 Å². The number of fused-ring (bicyclic) bond motifs is 1. The Morgan fingerprint density at radius 3 is 2.62 bits per heavy atom. The van der Waals surface area contributed by atoms with Crippen LogP contribution in [-0.2, 0) is 9.59 Å². The van der Waals surface area contributed by atoms with Crippen LogP contribution >= 0.6 is 11.6 Å². The number of carbonyl (C=O) groups is 2. The van der Waals surface area contributed by atoms with Gasteiger partial charge >= 0.3 is 11.8 Å². The lowest BCUT2D eigenvalue weighted by atomic mass is 9.86. The Kier molecular flexibility index (Phi) is 3.47. The monoisotopic (exact) mass is 300 g/mol. The van der Waals surface area contributed by atoms with Gasteiger partial charge in [-0.15, -0.1) is 0 Å². The van der Waals surface area contributed by atoms with Crippen LogP contribution in [0.15, 0.2) is 58.6 Å². The summed E-state index contributed by atoms with van der Waals surface area (Å²) in [4.78, 5) is 29.5. The van der Waals surface area contributed by atoms with Crippen LogP contribution in [0.4, 0.5) is 0 Å². The first-order chi connectivity index (χ1) is 10.1. The third-order valence-corrected chi connectivity index (χ3v) is 3.97. The van der Waals surface area contributed by atoms with Crippen molar-refractivity contribution < 1.29 is 9.59 Å². The average Bonchev–Trinajstić information content (AvgIpc) is 2.59. The summed E-state index contributed by atoms with van der Waals surface area (Å²) in [5, 5.41) is 0.579. The summed E-state index contributed by atoms with van der Waals surface area (Å²) in [5.41, 5.74) is 1.39. The molecule has 106 valence electrons. The lowest BCUT2D eigenvalue weighted by molar-refractivity contribution is -0.143. The van der Waals surface area contributed by atoms with Crippen LogP contribution in [0, 0.1) is 5.92 Å². The lowest BCUT2D eigenvalue weighted by Crippen LogP contribution is -2.43. The molecular weight excluding hydrogens is 288 g/mol. The molecule has 0 saturated heterocycles. The Morgan fingerprint density at radius 1 is 1.19 bits per heavy atom. The van der Waals surface area contributed by atoms with Gasteiger partial charge < -0.3 is 4.90 Å². The molecule has 1 heterocycles. The molecule has 0 N–H and O–H groups in total. The van der Waals surface area contributed by atoms with Crippen LogP contribution < -0.4 is 0 Å². The fraction of sp³-hybridized carbons (Fsp3) is 0.188. The first-order valence-electron chi connectivity index (χ1n) is 6.58. The van der Waals surface area contributed by atoms with E-state index in [-0.39, 0.29) is 12.0 Å². The van der Waals surface area contributed by atoms with E-state index in [1.54, 1.807) is 13.1 Å². The minimum Gasteiger partial charge on any atom is -0.330 e. The quantitative estimate of drug-likeness (QED) is 0.746. The highest BCUT2D eigenvalue weighted by molar-refractivity contribution is 6.39. The number of allylic oxidation sites excluding steroid dienone is 2. The molecule has 2 unspecified atom stereocenters. The minimum atomic E-state index is -0.747. The first kappa shape index (κ1) is 13.8. The van der Waals surface area contributed by atoms with Crippen LogP contribution in [0.5, 0.6) is 0 Å². The van der Waals surface area contributed by atoms with E-state index in [4.69, 9.17) is 11.6 Å². The zero-order valence-corrected chi connectivity index (χ0v) is 12.1. The van der Waals surface area contributed by atoms with E-state index in [1.807, 2.05) is 42.5 Å². The number of amides is 2. The molecule has 0 bridgehead atoms. The van der Waals surface area contributed by atoms with Gasteiger partial charge in [0.05, 0.1) is 11.8 Å². The van der Waals surface area contributed by atoms with Gasteiger partial charge in [0.2, 0.25) is 0 Å². The second-order valence-electron chi connectivity index (χ2n) is 5.01. The Hall–Kier alpha value is -2.20. The predicted octanol–water partition coefficient (Wildman–Crippen LogP) is 2.15. The Morgan fingerprint density at radius 2 is 1.90 bits per heavy atom. The highest BCUT2D eigenvalue weighted by Gasteiger charge is 2.37. The van der Waals surface area contributed by atoms with Crippen molar-refractivity contribution in [2.24, 2.45) is 10.9 Å². The molecule has 4 nitrogen and oxygen atoms in total. The summed E-state index contributed by atoms with van der Waals surface area (Å²) in [6, 6.07) is 9.12. The van der Waals surface area contributed by atoms with Crippen molar-refractivity contribution in [1.29, 1.82) is 0 Å². The number of hydrogen-bond donors (Lipinski definition) is 0. The van der Waals surface area contributed by atoms with Gasteiger partial charge in [-0.25, -0.2) is 4.99 Å². The third kappa shape index (κ3) is 2.43. The standard InChI is InChI=1S/C16H13ClN2O2/c1-19-13-8-7-11(17)9-12(13)14(18-15(20)16(19)21)10-5-3-2-4-6-10/h2-9,12-13H,1H3. The Balaban J connectivity index is 2.16. The maximum absolute atomic E-state index is 12.0. The number of rotatable bonds is 1. The molecule has 1 aliphatic heterocycles. The summed E-state index contributed by atoms with van der Waals surface area (Å²) < 4.78 is 0. The summed E-state index contributed by atoms with van der Waals surface area (Å²) in [6.07, 6.45) is 5.41. The number of halogens is 1. The highest BCUT2D eigenvalue weighted by atomic mass is 35.5. The van der Waals surface area contributed by atoms with Gasteiger partial charge in [0.15, 0.2) is 0 Å². The maximum atomic E-state index is 12.0. The van der Waals surface area contributed by atoms with Gasteiger partial charge in [-0.05, 0) is 11.6 Å². The molecular formula is C16H13ClN2O2. The topological polar surface area (TPSA) is 49.7 Å². The molecule has 0 fully saturated rings. The van der Waals surface area contributed by atoms with Crippen molar-refractivity contribution in [3.8, 4) is 0 Å². The largest absolute Gasteiger partial charge is 0.335 e. The van der Waals surface area contributed by atoms with Crippen molar-refractivity contribution in [3.63, 3.8) is 0 Å². The second kappa shape index (κ2) is 5.30.